The lowest BCUT2D eigenvalue weighted by molar-refractivity contribution is -0.0277. The molecule has 1 saturated heterocycles. The molecule has 0 bridgehead atoms. The molecule has 0 spiro atoms. The average Bonchev–Trinajstić information content (AvgIpc) is 2.77. The molecule has 0 amide bonds. The van der Waals surface area contributed by atoms with Gasteiger partial charge in [0.05, 0.1) is 17.9 Å². The second-order valence-corrected chi connectivity index (χ2v) is 6.16. The van der Waals surface area contributed by atoms with E-state index in [9.17, 15) is 0 Å². The summed E-state index contributed by atoms with van der Waals surface area (Å²) in [5.41, 5.74) is 1.08. The first-order valence-corrected chi connectivity index (χ1v) is 7.53. The van der Waals surface area contributed by atoms with Gasteiger partial charge in [0.2, 0.25) is 0 Å². The third-order valence-electron chi connectivity index (χ3n) is 2.97. The fraction of sp³-hybridized carbons (Fsp3) is 0.769. The number of thiazole rings is 1. The number of hydrogen-bond donors (Lipinski definition) is 1. The molecule has 0 unspecified atom stereocenters. The second kappa shape index (κ2) is 5.99. The highest BCUT2D eigenvalue weighted by atomic mass is 32.1. The molecule has 0 atom stereocenters. The van der Waals surface area contributed by atoms with Crippen LogP contribution in [-0.2, 0) is 11.3 Å². The normalized spacial score (nSPS) is 19.2. The molecule has 5 heteroatoms. The Kier molecular flexibility index (Phi) is 4.59. The van der Waals surface area contributed by atoms with Crippen LogP contribution in [0.15, 0.2) is 5.38 Å². The highest BCUT2D eigenvalue weighted by molar-refractivity contribution is 7.13. The molecule has 1 N–H and O–H groups in total. The molecule has 2 rings (SSSR count). The van der Waals surface area contributed by atoms with Gasteiger partial charge < -0.3 is 15.0 Å². The molecule has 1 aromatic heterocycles. The van der Waals surface area contributed by atoms with Crippen molar-refractivity contribution in [2.75, 3.05) is 31.1 Å². The van der Waals surface area contributed by atoms with E-state index in [2.05, 4.69) is 36.4 Å². The maximum Gasteiger partial charge on any atom is 0.185 e. The molecule has 0 saturated carbocycles. The summed E-state index contributed by atoms with van der Waals surface area (Å²) in [6.45, 7) is 11.0. The lowest BCUT2D eigenvalue weighted by Gasteiger charge is -2.37. The maximum atomic E-state index is 5.73. The Balaban J connectivity index is 1.92. The van der Waals surface area contributed by atoms with Crippen LogP contribution < -0.4 is 10.2 Å². The standard InChI is InChI=1S/C13H23N3OS/c1-4-5-14-8-11-9-18-12(15-11)16-6-7-17-13(2,3)10-16/h9,14H,4-8,10H2,1-3H3. The highest BCUT2D eigenvalue weighted by Gasteiger charge is 2.28. The Hall–Kier alpha value is -0.650. The van der Waals surface area contributed by atoms with E-state index in [1.165, 1.54) is 0 Å². The minimum atomic E-state index is -0.0649. The van der Waals surface area contributed by atoms with Gasteiger partial charge in [0, 0.05) is 25.0 Å². The highest BCUT2D eigenvalue weighted by Crippen LogP contribution is 2.26. The van der Waals surface area contributed by atoms with Gasteiger partial charge in [-0.15, -0.1) is 11.3 Å². The van der Waals surface area contributed by atoms with Crippen molar-refractivity contribution >= 4 is 16.5 Å². The summed E-state index contributed by atoms with van der Waals surface area (Å²) in [4.78, 5) is 7.03. The van der Waals surface area contributed by atoms with Crippen molar-refractivity contribution in [2.24, 2.45) is 0 Å². The number of anilines is 1. The number of rotatable bonds is 5. The summed E-state index contributed by atoms with van der Waals surface area (Å²) >= 11 is 1.73. The SMILES string of the molecule is CCCNCc1csc(N2CCOC(C)(C)C2)n1. The third kappa shape index (κ3) is 3.67. The van der Waals surface area contributed by atoms with Gasteiger partial charge in [-0.1, -0.05) is 6.92 Å². The number of nitrogens with zero attached hydrogens (tertiary/aromatic N) is 2. The Morgan fingerprint density at radius 2 is 2.39 bits per heavy atom. The van der Waals surface area contributed by atoms with Crippen LogP contribution in [0, 0.1) is 0 Å². The summed E-state index contributed by atoms with van der Waals surface area (Å²) in [5, 5.41) is 6.66. The van der Waals surface area contributed by atoms with Crippen LogP contribution in [0.4, 0.5) is 5.13 Å². The van der Waals surface area contributed by atoms with Gasteiger partial charge in [0.25, 0.3) is 0 Å². The number of ether oxygens (including phenoxy) is 1. The molecule has 102 valence electrons. The molecule has 1 aliphatic rings. The largest absolute Gasteiger partial charge is 0.372 e. The third-order valence-corrected chi connectivity index (χ3v) is 3.92. The van der Waals surface area contributed by atoms with Crippen LogP contribution in [0.3, 0.4) is 0 Å². The number of nitrogens with one attached hydrogen (secondary N) is 1. The number of aromatic nitrogens is 1. The quantitative estimate of drug-likeness (QED) is 0.832. The molecule has 0 aromatic carbocycles. The van der Waals surface area contributed by atoms with E-state index in [-0.39, 0.29) is 5.60 Å². The minimum absolute atomic E-state index is 0.0649. The van der Waals surface area contributed by atoms with Gasteiger partial charge in [0.1, 0.15) is 0 Å². The van der Waals surface area contributed by atoms with Gasteiger partial charge in [-0.3, -0.25) is 0 Å². The number of morpholine rings is 1. The first-order chi connectivity index (χ1) is 8.61. The zero-order valence-corrected chi connectivity index (χ0v) is 12.3. The molecule has 18 heavy (non-hydrogen) atoms. The van der Waals surface area contributed by atoms with Crippen LogP contribution in [0.5, 0.6) is 0 Å². The van der Waals surface area contributed by atoms with Gasteiger partial charge in [-0.05, 0) is 26.8 Å². The average molecular weight is 269 g/mol. The zero-order chi connectivity index (χ0) is 13.0. The van der Waals surface area contributed by atoms with Crippen LogP contribution in [-0.4, -0.2) is 36.8 Å². The molecule has 0 aliphatic carbocycles. The van der Waals surface area contributed by atoms with Crippen molar-refractivity contribution in [2.45, 2.75) is 39.3 Å². The number of hydrogen-bond acceptors (Lipinski definition) is 5. The molecule has 2 heterocycles. The minimum Gasteiger partial charge on any atom is -0.372 e. The van der Waals surface area contributed by atoms with Gasteiger partial charge in [-0.25, -0.2) is 4.98 Å². The van der Waals surface area contributed by atoms with Crippen molar-refractivity contribution in [3.63, 3.8) is 0 Å². The fourth-order valence-corrected chi connectivity index (χ4v) is 2.95. The van der Waals surface area contributed by atoms with E-state index >= 15 is 0 Å². The zero-order valence-electron chi connectivity index (χ0n) is 11.5. The van der Waals surface area contributed by atoms with E-state index in [1.54, 1.807) is 11.3 Å². The van der Waals surface area contributed by atoms with Crippen molar-refractivity contribution in [1.29, 1.82) is 0 Å². The summed E-state index contributed by atoms with van der Waals surface area (Å²) < 4.78 is 5.73. The molecular weight excluding hydrogens is 246 g/mol. The van der Waals surface area contributed by atoms with Crippen molar-refractivity contribution in [1.82, 2.24) is 10.3 Å². The van der Waals surface area contributed by atoms with E-state index in [0.29, 0.717) is 0 Å². The van der Waals surface area contributed by atoms with Crippen molar-refractivity contribution < 1.29 is 4.74 Å². The van der Waals surface area contributed by atoms with Crippen LogP contribution in [0.2, 0.25) is 0 Å². The fourth-order valence-electron chi connectivity index (χ4n) is 2.10. The van der Waals surface area contributed by atoms with Gasteiger partial charge >= 0.3 is 0 Å². The Bertz CT molecular complexity index is 378. The topological polar surface area (TPSA) is 37.4 Å². The lowest BCUT2D eigenvalue weighted by Crippen LogP contribution is -2.48. The van der Waals surface area contributed by atoms with E-state index < -0.39 is 0 Å². The Morgan fingerprint density at radius 3 is 3.11 bits per heavy atom. The summed E-state index contributed by atoms with van der Waals surface area (Å²) in [5.74, 6) is 0. The second-order valence-electron chi connectivity index (χ2n) is 5.33. The van der Waals surface area contributed by atoms with E-state index in [0.717, 1.165) is 50.0 Å². The molecule has 1 fully saturated rings. The Morgan fingerprint density at radius 1 is 1.56 bits per heavy atom. The van der Waals surface area contributed by atoms with Crippen molar-refractivity contribution in [3.05, 3.63) is 11.1 Å². The summed E-state index contributed by atoms with van der Waals surface area (Å²) in [6, 6.07) is 0. The molecule has 1 aliphatic heterocycles. The molecule has 0 radical (unpaired) electrons. The maximum absolute atomic E-state index is 5.73. The molecular formula is C13H23N3OS. The predicted molar refractivity (Wildman–Crippen MR) is 76.4 cm³/mol. The van der Waals surface area contributed by atoms with E-state index in [1.807, 2.05) is 0 Å². The lowest BCUT2D eigenvalue weighted by atomic mass is 10.1. The van der Waals surface area contributed by atoms with Gasteiger partial charge in [-0.2, -0.15) is 0 Å². The first kappa shape index (κ1) is 13.8. The Labute approximate surface area is 113 Å². The molecule has 4 nitrogen and oxygen atoms in total. The molecule has 1 aromatic rings. The van der Waals surface area contributed by atoms with Crippen LogP contribution >= 0.6 is 11.3 Å². The predicted octanol–water partition coefficient (Wildman–Crippen LogP) is 2.26. The van der Waals surface area contributed by atoms with Crippen LogP contribution in [0.25, 0.3) is 0 Å². The summed E-state index contributed by atoms with van der Waals surface area (Å²) in [6.07, 6.45) is 1.16. The van der Waals surface area contributed by atoms with Crippen molar-refractivity contribution in [3.8, 4) is 0 Å². The van der Waals surface area contributed by atoms with Gasteiger partial charge in [0.15, 0.2) is 5.13 Å². The summed E-state index contributed by atoms with van der Waals surface area (Å²) in [7, 11) is 0. The smallest absolute Gasteiger partial charge is 0.185 e. The van der Waals surface area contributed by atoms with Crippen LogP contribution in [0.1, 0.15) is 32.9 Å². The monoisotopic (exact) mass is 269 g/mol. The first-order valence-electron chi connectivity index (χ1n) is 6.65. The van der Waals surface area contributed by atoms with E-state index in [4.69, 9.17) is 9.72 Å².